The van der Waals surface area contributed by atoms with Crippen LogP contribution in [0.1, 0.15) is 18.1 Å². The van der Waals surface area contributed by atoms with Crippen molar-refractivity contribution in [2.24, 2.45) is 5.11 Å². The highest BCUT2D eigenvalue weighted by atomic mass is 16.3. The van der Waals surface area contributed by atoms with Crippen LogP contribution < -0.4 is 0 Å². The zero-order valence-electron chi connectivity index (χ0n) is 7.45. The van der Waals surface area contributed by atoms with E-state index in [4.69, 9.17) is 9.95 Å². The van der Waals surface area contributed by atoms with Crippen LogP contribution in [0.15, 0.2) is 28.1 Å². The largest absolute Gasteiger partial charge is 0.472 e. The lowest BCUT2D eigenvalue weighted by Gasteiger charge is -2.14. The number of hydrogen-bond donors (Lipinski definition) is 2. The third-order valence-corrected chi connectivity index (χ3v) is 1.84. The fraction of sp³-hybridized carbons (Fsp3) is 0.500. The van der Waals surface area contributed by atoms with Gasteiger partial charge in [0.25, 0.3) is 0 Å². The number of aliphatic hydroxyl groups excluding tert-OH is 2. The highest BCUT2D eigenvalue weighted by Crippen LogP contribution is 2.18. The molecule has 0 aliphatic rings. The Morgan fingerprint density at radius 2 is 2.36 bits per heavy atom. The van der Waals surface area contributed by atoms with E-state index < -0.39 is 12.2 Å². The van der Waals surface area contributed by atoms with Crippen LogP contribution in [0.2, 0.25) is 0 Å². The summed E-state index contributed by atoms with van der Waals surface area (Å²) in [6, 6.07) is 1.57. The average Bonchev–Trinajstić information content (AvgIpc) is 2.69. The quantitative estimate of drug-likeness (QED) is 0.423. The summed E-state index contributed by atoms with van der Waals surface area (Å²) < 4.78 is 4.76. The molecule has 0 radical (unpaired) electrons. The van der Waals surface area contributed by atoms with Crippen LogP contribution in [0, 0.1) is 0 Å². The molecule has 2 N–H and O–H groups in total. The van der Waals surface area contributed by atoms with Crippen LogP contribution in [0.25, 0.3) is 10.4 Å². The third-order valence-electron chi connectivity index (χ3n) is 1.84. The van der Waals surface area contributed by atoms with E-state index in [9.17, 15) is 10.2 Å². The number of aliphatic hydroxyl groups is 2. The summed E-state index contributed by atoms with van der Waals surface area (Å²) in [6.45, 7) is 0.159. The Balaban J connectivity index is 2.44. The average molecular weight is 197 g/mol. The molecule has 0 aliphatic heterocycles. The molecule has 0 amide bonds. The lowest BCUT2D eigenvalue weighted by atomic mass is 10.1. The van der Waals surface area contributed by atoms with Gasteiger partial charge in [0.15, 0.2) is 0 Å². The standard InChI is InChI=1S/C8H11N3O3/c9-11-10-3-1-7(12)8(13)6-2-4-14-5-6/h2,4-5,7-8,12-13H,1,3H2. The van der Waals surface area contributed by atoms with Crippen molar-refractivity contribution in [2.75, 3.05) is 6.54 Å². The predicted molar refractivity (Wildman–Crippen MR) is 48.3 cm³/mol. The number of rotatable bonds is 5. The van der Waals surface area contributed by atoms with Gasteiger partial charge in [0.05, 0.1) is 18.6 Å². The Kier molecular flexibility index (Phi) is 4.00. The first kappa shape index (κ1) is 10.6. The van der Waals surface area contributed by atoms with Crippen LogP contribution >= 0.6 is 0 Å². The van der Waals surface area contributed by atoms with E-state index in [1.807, 2.05) is 0 Å². The molecule has 14 heavy (non-hydrogen) atoms. The molecule has 2 atom stereocenters. The third kappa shape index (κ3) is 2.77. The summed E-state index contributed by atoms with van der Waals surface area (Å²) in [7, 11) is 0. The highest BCUT2D eigenvalue weighted by molar-refractivity contribution is 5.10. The maximum atomic E-state index is 9.53. The molecule has 6 heteroatoms. The molecule has 1 heterocycles. The van der Waals surface area contributed by atoms with E-state index in [1.165, 1.54) is 12.5 Å². The Labute approximate surface area is 80.4 Å². The molecular weight excluding hydrogens is 186 g/mol. The van der Waals surface area contributed by atoms with Crippen molar-refractivity contribution in [1.82, 2.24) is 0 Å². The first-order chi connectivity index (χ1) is 6.75. The molecular formula is C8H11N3O3. The van der Waals surface area contributed by atoms with Gasteiger partial charge in [0.2, 0.25) is 0 Å². The van der Waals surface area contributed by atoms with Crippen LogP contribution in [-0.4, -0.2) is 22.9 Å². The van der Waals surface area contributed by atoms with Crippen LogP contribution in [0.5, 0.6) is 0 Å². The topological polar surface area (TPSA) is 102 Å². The fourth-order valence-electron chi connectivity index (χ4n) is 1.06. The van der Waals surface area contributed by atoms with Gasteiger partial charge in [0.1, 0.15) is 6.10 Å². The molecule has 0 aromatic carbocycles. The molecule has 0 saturated heterocycles. The molecule has 2 unspecified atom stereocenters. The predicted octanol–water partition coefficient (Wildman–Crippen LogP) is 1.37. The van der Waals surface area contributed by atoms with Gasteiger partial charge < -0.3 is 14.6 Å². The van der Waals surface area contributed by atoms with Crippen molar-refractivity contribution in [2.45, 2.75) is 18.6 Å². The number of hydrogen-bond acceptors (Lipinski definition) is 4. The summed E-state index contributed by atoms with van der Waals surface area (Å²) >= 11 is 0. The Bertz CT molecular complexity index is 306. The second-order valence-corrected chi connectivity index (χ2v) is 2.81. The second-order valence-electron chi connectivity index (χ2n) is 2.81. The summed E-state index contributed by atoms with van der Waals surface area (Å²) in [6.07, 6.45) is 1.05. The minimum absolute atomic E-state index is 0.159. The Morgan fingerprint density at radius 1 is 1.57 bits per heavy atom. The SMILES string of the molecule is [N-]=[N+]=NCCC(O)C(O)c1ccoc1. The molecule has 0 bridgehead atoms. The van der Waals surface area contributed by atoms with Gasteiger partial charge in [0, 0.05) is 17.0 Å². The zero-order valence-corrected chi connectivity index (χ0v) is 7.45. The fourth-order valence-corrected chi connectivity index (χ4v) is 1.06. The minimum Gasteiger partial charge on any atom is -0.472 e. The summed E-state index contributed by atoms with van der Waals surface area (Å²) in [5, 5.41) is 22.2. The normalized spacial score (nSPS) is 14.4. The summed E-state index contributed by atoms with van der Waals surface area (Å²) in [4.78, 5) is 2.54. The summed E-state index contributed by atoms with van der Waals surface area (Å²) in [5.41, 5.74) is 8.51. The molecule has 1 aromatic heterocycles. The Morgan fingerprint density at radius 3 is 2.93 bits per heavy atom. The van der Waals surface area contributed by atoms with E-state index in [0.29, 0.717) is 5.56 Å². The monoisotopic (exact) mass is 197 g/mol. The number of nitrogens with zero attached hydrogens (tertiary/aromatic N) is 3. The van der Waals surface area contributed by atoms with Gasteiger partial charge >= 0.3 is 0 Å². The van der Waals surface area contributed by atoms with Gasteiger partial charge in [-0.2, -0.15) is 0 Å². The maximum absolute atomic E-state index is 9.53. The van der Waals surface area contributed by atoms with Crippen molar-refractivity contribution in [3.8, 4) is 0 Å². The number of furan rings is 1. The Hall–Kier alpha value is -1.49. The van der Waals surface area contributed by atoms with Crippen LogP contribution in [0.4, 0.5) is 0 Å². The van der Waals surface area contributed by atoms with Gasteiger partial charge in [-0.05, 0) is 18.0 Å². The molecule has 6 nitrogen and oxygen atoms in total. The van der Waals surface area contributed by atoms with Gasteiger partial charge in [-0.1, -0.05) is 5.11 Å². The first-order valence-electron chi connectivity index (χ1n) is 4.14. The smallest absolute Gasteiger partial charge is 0.108 e. The van der Waals surface area contributed by atoms with Crippen LogP contribution in [0.3, 0.4) is 0 Å². The van der Waals surface area contributed by atoms with Crippen molar-refractivity contribution in [3.63, 3.8) is 0 Å². The summed E-state index contributed by atoms with van der Waals surface area (Å²) in [5.74, 6) is 0. The van der Waals surface area contributed by atoms with Gasteiger partial charge in [-0.3, -0.25) is 0 Å². The molecule has 0 saturated carbocycles. The van der Waals surface area contributed by atoms with Crippen molar-refractivity contribution in [3.05, 3.63) is 34.6 Å². The van der Waals surface area contributed by atoms with E-state index >= 15 is 0 Å². The van der Waals surface area contributed by atoms with Gasteiger partial charge in [-0.25, -0.2) is 0 Å². The molecule has 0 fully saturated rings. The van der Waals surface area contributed by atoms with E-state index in [0.717, 1.165) is 0 Å². The minimum atomic E-state index is -0.998. The highest BCUT2D eigenvalue weighted by Gasteiger charge is 2.18. The van der Waals surface area contributed by atoms with E-state index in [-0.39, 0.29) is 13.0 Å². The molecule has 1 rings (SSSR count). The molecule has 76 valence electrons. The molecule has 0 spiro atoms. The van der Waals surface area contributed by atoms with Crippen molar-refractivity contribution < 1.29 is 14.6 Å². The second kappa shape index (κ2) is 5.29. The zero-order chi connectivity index (χ0) is 10.4. The van der Waals surface area contributed by atoms with Crippen molar-refractivity contribution >= 4 is 0 Å². The van der Waals surface area contributed by atoms with Crippen LogP contribution in [-0.2, 0) is 0 Å². The lowest BCUT2D eigenvalue weighted by Crippen LogP contribution is -2.18. The first-order valence-corrected chi connectivity index (χ1v) is 4.14. The van der Waals surface area contributed by atoms with Gasteiger partial charge in [-0.15, -0.1) is 0 Å². The molecule has 1 aromatic rings. The van der Waals surface area contributed by atoms with E-state index in [1.54, 1.807) is 6.07 Å². The maximum Gasteiger partial charge on any atom is 0.108 e. The number of azide groups is 1. The lowest BCUT2D eigenvalue weighted by molar-refractivity contribution is 0.0147. The van der Waals surface area contributed by atoms with Crippen molar-refractivity contribution in [1.29, 1.82) is 0 Å². The van der Waals surface area contributed by atoms with E-state index in [2.05, 4.69) is 10.0 Å². The molecule has 0 aliphatic carbocycles.